The van der Waals surface area contributed by atoms with Crippen LogP contribution in [0.3, 0.4) is 0 Å². The Morgan fingerprint density at radius 1 is 1.53 bits per heavy atom. The zero-order valence-corrected chi connectivity index (χ0v) is 12.4. The van der Waals surface area contributed by atoms with E-state index >= 15 is 0 Å². The third-order valence-corrected chi connectivity index (χ3v) is 4.76. The lowest BCUT2D eigenvalue weighted by Gasteiger charge is -2.10. The molecule has 2 unspecified atom stereocenters. The van der Waals surface area contributed by atoms with E-state index in [0.717, 1.165) is 23.0 Å². The third kappa shape index (κ3) is 5.27. The van der Waals surface area contributed by atoms with E-state index in [1.54, 1.807) is 12.3 Å². The highest BCUT2D eigenvalue weighted by Gasteiger charge is 2.06. The maximum Gasteiger partial charge on any atom is 0.123 e. The highest BCUT2D eigenvalue weighted by Crippen LogP contribution is 2.17. The summed E-state index contributed by atoms with van der Waals surface area (Å²) in [6, 6.07) is 4.64. The molecule has 1 aromatic rings. The van der Waals surface area contributed by atoms with Gasteiger partial charge in [-0.25, -0.2) is 4.39 Å². The molecule has 0 heterocycles. The Balaban J connectivity index is 2.36. The first-order valence-electron chi connectivity index (χ1n) is 5.47. The van der Waals surface area contributed by atoms with Crippen molar-refractivity contribution in [3.8, 4) is 0 Å². The molecule has 0 saturated heterocycles. The minimum absolute atomic E-state index is 0.193. The van der Waals surface area contributed by atoms with Gasteiger partial charge in [0.05, 0.1) is 0 Å². The van der Waals surface area contributed by atoms with E-state index in [1.165, 1.54) is 12.1 Å². The molecule has 17 heavy (non-hydrogen) atoms. The van der Waals surface area contributed by atoms with Crippen LogP contribution in [0.25, 0.3) is 0 Å². The van der Waals surface area contributed by atoms with Crippen molar-refractivity contribution in [2.45, 2.75) is 25.1 Å². The molecule has 0 radical (unpaired) electrons. The van der Waals surface area contributed by atoms with Gasteiger partial charge in [0.1, 0.15) is 5.82 Å². The first-order chi connectivity index (χ1) is 8.00. The van der Waals surface area contributed by atoms with Gasteiger partial charge in [0.2, 0.25) is 0 Å². The van der Waals surface area contributed by atoms with Crippen molar-refractivity contribution in [1.82, 2.24) is 5.32 Å². The fourth-order valence-electron chi connectivity index (χ4n) is 1.37. The average molecular weight is 322 g/mol. The largest absolute Gasteiger partial charge is 0.313 e. The molecule has 2 atom stereocenters. The van der Waals surface area contributed by atoms with Gasteiger partial charge < -0.3 is 5.32 Å². The second-order valence-corrected chi connectivity index (χ2v) is 6.67. The SMILES string of the molecule is CC(CCNCc1cc(F)ccc1Br)S(C)=O. The Hall–Kier alpha value is -0.260. The van der Waals surface area contributed by atoms with Crippen molar-refractivity contribution in [2.75, 3.05) is 12.8 Å². The van der Waals surface area contributed by atoms with Crippen LogP contribution in [0.4, 0.5) is 4.39 Å². The smallest absolute Gasteiger partial charge is 0.123 e. The minimum Gasteiger partial charge on any atom is -0.313 e. The quantitative estimate of drug-likeness (QED) is 0.816. The maximum atomic E-state index is 13.0. The van der Waals surface area contributed by atoms with Crippen molar-refractivity contribution in [3.63, 3.8) is 0 Å². The molecule has 0 fully saturated rings. The van der Waals surface area contributed by atoms with Gasteiger partial charge in [0.15, 0.2) is 0 Å². The molecule has 1 N–H and O–H groups in total. The molecule has 2 nitrogen and oxygen atoms in total. The second kappa shape index (κ2) is 7.24. The summed E-state index contributed by atoms with van der Waals surface area (Å²) in [7, 11) is -0.776. The van der Waals surface area contributed by atoms with Crippen molar-refractivity contribution in [2.24, 2.45) is 0 Å². The van der Waals surface area contributed by atoms with E-state index in [4.69, 9.17) is 0 Å². The molecule has 0 bridgehead atoms. The van der Waals surface area contributed by atoms with Crippen LogP contribution in [0.1, 0.15) is 18.9 Å². The normalized spacial score (nSPS) is 14.6. The molecule has 5 heteroatoms. The van der Waals surface area contributed by atoms with E-state index in [9.17, 15) is 8.60 Å². The zero-order valence-electron chi connectivity index (χ0n) is 10.0. The lowest BCUT2D eigenvalue weighted by molar-refractivity contribution is 0.611. The highest BCUT2D eigenvalue weighted by atomic mass is 79.9. The van der Waals surface area contributed by atoms with E-state index in [0.29, 0.717) is 6.54 Å². The standard InChI is InChI=1S/C12H17BrFNOS/c1-9(17(2)16)5-6-15-8-10-7-11(14)3-4-12(10)13/h3-4,7,9,15H,5-6,8H2,1-2H3. The highest BCUT2D eigenvalue weighted by molar-refractivity contribution is 9.10. The van der Waals surface area contributed by atoms with Gasteiger partial charge in [-0.2, -0.15) is 0 Å². The second-order valence-electron chi connectivity index (χ2n) is 4.01. The van der Waals surface area contributed by atoms with Crippen molar-refractivity contribution in [3.05, 3.63) is 34.1 Å². The van der Waals surface area contributed by atoms with E-state index in [1.807, 2.05) is 6.92 Å². The van der Waals surface area contributed by atoms with Crippen LogP contribution >= 0.6 is 15.9 Å². The number of hydrogen-bond acceptors (Lipinski definition) is 2. The number of halogens is 2. The molecule has 0 saturated carbocycles. The summed E-state index contributed by atoms with van der Waals surface area (Å²) in [5.74, 6) is -0.229. The molecule has 96 valence electrons. The predicted octanol–water partition coefficient (Wildman–Crippen LogP) is 2.83. The lowest BCUT2D eigenvalue weighted by atomic mass is 10.2. The fourth-order valence-corrected chi connectivity index (χ4v) is 2.21. The van der Waals surface area contributed by atoms with Crippen LogP contribution in [-0.4, -0.2) is 22.3 Å². The van der Waals surface area contributed by atoms with Crippen LogP contribution in [0.15, 0.2) is 22.7 Å². The van der Waals surface area contributed by atoms with E-state index < -0.39 is 10.8 Å². The van der Waals surface area contributed by atoms with Gasteiger partial charge in [0, 0.05) is 33.3 Å². The summed E-state index contributed by atoms with van der Waals surface area (Å²) in [5.41, 5.74) is 0.898. The van der Waals surface area contributed by atoms with Crippen LogP contribution in [0, 0.1) is 5.82 Å². The Kier molecular flexibility index (Phi) is 6.30. The molecule has 0 aliphatic rings. The molecular formula is C12H17BrFNOS. The first kappa shape index (κ1) is 14.8. The van der Waals surface area contributed by atoms with Gasteiger partial charge in [-0.3, -0.25) is 4.21 Å². The number of nitrogens with one attached hydrogen (secondary N) is 1. The summed E-state index contributed by atoms with van der Waals surface area (Å²) >= 11 is 3.38. The summed E-state index contributed by atoms with van der Waals surface area (Å²) in [6.07, 6.45) is 2.57. The molecule has 0 aromatic heterocycles. The first-order valence-corrected chi connectivity index (χ1v) is 7.89. The van der Waals surface area contributed by atoms with Crippen LogP contribution in [-0.2, 0) is 17.3 Å². The van der Waals surface area contributed by atoms with Crippen molar-refractivity contribution in [1.29, 1.82) is 0 Å². The van der Waals surface area contributed by atoms with Crippen molar-refractivity contribution >= 4 is 26.7 Å². The van der Waals surface area contributed by atoms with E-state index in [2.05, 4.69) is 21.2 Å². The minimum atomic E-state index is -0.776. The monoisotopic (exact) mass is 321 g/mol. The van der Waals surface area contributed by atoms with Crippen LogP contribution in [0.2, 0.25) is 0 Å². The number of hydrogen-bond donors (Lipinski definition) is 1. The molecule has 1 aromatic carbocycles. The lowest BCUT2D eigenvalue weighted by Crippen LogP contribution is -2.21. The zero-order chi connectivity index (χ0) is 12.8. The van der Waals surface area contributed by atoms with Gasteiger partial charge in [-0.05, 0) is 36.7 Å². The molecule has 1 rings (SSSR count). The third-order valence-electron chi connectivity index (χ3n) is 2.62. The Bertz CT molecular complexity index is 400. The Labute approximate surface area is 113 Å². The summed E-state index contributed by atoms with van der Waals surface area (Å²) < 4.78 is 25.0. The van der Waals surface area contributed by atoms with Gasteiger partial charge in [0.25, 0.3) is 0 Å². The topological polar surface area (TPSA) is 29.1 Å². The summed E-state index contributed by atoms with van der Waals surface area (Å²) in [5, 5.41) is 3.42. The van der Waals surface area contributed by atoms with Gasteiger partial charge in [-0.1, -0.05) is 22.9 Å². The van der Waals surface area contributed by atoms with Crippen LogP contribution in [0.5, 0.6) is 0 Å². The molecule has 0 aliphatic carbocycles. The molecule has 0 amide bonds. The van der Waals surface area contributed by atoms with Crippen molar-refractivity contribution < 1.29 is 8.60 Å². The number of rotatable bonds is 6. The fraction of sp³-hybridized carbons (Fsp3) is 0.500. The molecule has 0 aliphatic heterocycles. The number of benzene rings is 1. The van der Waals surface area contributed by atoms with Gasteiger partial charge >= 0.3 is 0 Å². The average Bonchev–Trinajstić information content (AvgIpc) is 2.28. The Morgan fingerprint density at radius 3 is 2.88 bits per heavy atom. The molecule has 0 spiro atoms. The predicted molar refractivity (Wildman–Crippen MR) is 74.0 cm³/mol. The summed E-state index contributed by atoms with van der Waals surface area (Å²) in [4.78, 5) is 0. The van der Waals surface area contributed by atoms with Gasteiger partial charge in [-0.15, -0.1) is 0 Å². The Morgan fingerprint density at radius 2 is 2.24 bits per heavy atom. The summed E-state index contributed by atoms with van der Waals surface area (Å²) in [6.45, 7) is 3.36. The van der Waals surface area contributed by atoms with Crippen LogP contribution < -0.4 is 5.32 Å². The maximum absolute atomic E-state index is 13.0. The molecular weight excluding hydrogens is 305 g/mol. The van der Waals surface area contributed by atoms with E-state index in [-0.39, 0.29) is 11.1 Å².